The molecular weight excluding hydrogens is 316 g/mol. The lowest BCUT2D eigenvalue weighted by atomic mass is 10.2. The number of amides is 1. The molecule has 2 aromatic rings. The van der Waals surface area contributed by atoms with Crippen molar-refractivity contribution in [3.05, 3.63) is 40.4 Å². The molecule has 22 heavy (non-hydrogen) atoms. The molecule has 1 amide bonds. The van der Waals surface area contributed by atoms with E-state index in [-0.39, 0.29) is 16.9 Å². The Morgan fingerprint density at radius 1 is 1.23 bits per heavy atom. The summed E-state index contributed by atoms with van der Waals surface area (Å²) in [6.45, 7) is 7.16. The average molecular weight is 334 g/mol. The van der Waals surface area contributed by atoms with Gasteiger partial charge in [0.25, 0.3) is 0 Å². The lowest BCUT2D eigenvalue weighted by Crippen LogP contribution is -2.22. The summed E-state index contributed by atoms with van der Waals surface area (Å²) in [5.74, 6) is -0.146. The first-order valence-corrected chi connectivity index (χ1v) is 8.59. The van der Waals surface area contributed by atoms with E-state index in [1.807, 2.05) is 38.1 Å². The van der Waals surface area contributed by atoms with Gasteiger partial charge in [0, 0.05) is 11.8 Å². The Balaban J connectivity index is 2.00. The number of carbonyl (C=O) groups is 2. The van der Waals surface area contributed by atoms with E-state index in [1.165, 1.54) is 35.6 Å². The van der Waals surface area contributed by atoms with Crippen LogP contribution in [0.15, 0.2) is 29.2 Å². The zero-order valence-corrected chi connectivity index (χ0v) is 14.6. The lowest BCUT2D eigenvalue weighted by molar-refractivity contribution is -0.115. The number of nitrogens with zero attached hydrogens (tertiary/aromatic N) is 1. The summed E-state index contributed by atoms with van der Waals surface area (Å²) in [6.07, 6.45) is 0. The van der Waals surface area contributed by atoms with E-state index in [9.17, 15) is 9.59 Å². The quantitative estimate of drug-likeness (QED) is 0.661. The number of nitrogens with one attached hydrogen (secondary N) is 1. The van der Waals surface area contributed by atoms with Gasteiger partial charge in [-0.3, -0.25) is 9.59 Å². The third-order valence-corrected chi connectivity index (χ3v) is 5.34. The fourth-order valence-electron chi connectivity index (χ4n) is 1.86. The number of ketones is 1. The molecule has 0 spiro atoms. The van der Waals surface area contributed by atoms with E-state index in [1.54, 1.807) is 6.92 Å². The zero-order valence-electron chi connectivity index (χ0n) is 13.0. The predicted molar refractivity (Wildman–Crippen MR) is 92.0 cm³/mol. The van der Waals surface area contributed by atoms with E-state index in [0.29, 0.717) is 15.7 Å². The first kappa shape index (κ1) is 16.7. The Hall–Kier alpha value is -1.66. The van der Waals surface area contributed by atoms with Crippen LogP contribution in [0, 0.1) is 13.8 Å². The normalized spacial score (nSPS) is 12.0. The average Bonchev–Trinajstić information content (AvgIpc) is 2.82. The zero-order chi connectivity index (χ0) is 16.3. The van der Waals surface area contributed by atoms with Gasteiger partial charge >= 0.3 is 0 Å². The first-order chi connectivity index (χ1) is 10.4. The Bertz CT molecular complexity index is 693. The van der Waals surface area contributed by atoms with Crippen LogP contribution in [-0.4, -0.2) is 21.9 Å². The molecule has 2 rings (SSSR count). The minimum Gasteiger partial charge on any atom is -0.301 e. The molecule has 1 atom stereocenters. The molecule has 1 heterocycles. The number of Topliss-reactive ketones (excluding diaryl/α,β-unsaturated/α-hetero) is 1. The van der Waals surface area contributed by atoms with Crippen LogP contribution in [-0.2, 0) is 4.79 Å². The predicted octanol–water partition coefficient (Wildman–Crippen LogP) is 4.08. The largest absolute Gasteiger partial charge is 0.301 e. The number of carbonyl (C=O) groups excluding carboxylic acids is 2. The third-order valence-electron chi connectivity index (χ3n) is 3.05. The SMILES string of the molecule is CC(=O)c1sc(NC(=O)C(C)Sc2ccc(C)cc2)nc1C. The second-order valence-electron chi connectivity index (χ2n) is 5.05. The summed E-state index contributed by atoms with van der Waals surface area (Å²) >= 11 is 2.71. The third kappa shape index (κ3) is 4.18. The molecule has 0 saturated carbocycles. The second kappa shape index (κ2) is 7.07. The lowest BCUT2D eigenvalue weighted by Gasteiger charge is -2.10. The van der Waals surface area contributed by atoms with Gasteiger partial charge in [0.1, 0.15) is 0 Å². The minimum atomic E-state index is -0.243. The molecule has 116 valence electrons. The highest BCUT2D eigenvalue weighted by molar-refractivity contribution is 8.00. The molecule has 4 nitrogen and oxygen atoms in total. The van der Waals surface area contributed by atoms with Crippen molar-refractivity contribution in [3.63, 3.8) is 0 Å². The fraction of sp³-hybridized carbons (Fsp3) is 0.312. The number of rotatable bonds is 5. The highest BCUT2D eigenvalue weighted by Crippen LogP contribution is 2.26. The summed E-state index contributed by atoms with van der Waals surface area (Å²) in [4.78, 5) is 29.5. The molecule has 1 N–H and O–H groups in total. The van der Waals surface area contributed by atoms with Gasteiger partial charge in [0.2, 0.25) is 5.91 Å². The molecular formula is C16H18N2O2S2. The maximum absolute atomic E-state index is 12.2. The molecule has 0 aliphatic carbocycles. The monoisotopic (exact) mass is 334 g/mol. The highest BCUT2D eigenvalue weighted by Gasteiger charge is 2.18. The van der Waals surface area contributed by atoms with Crippen LogP contribution in [0.25, 0.3) is 0 Å². The van der Waals surface area contributed by atoms with Gasteiger partial charge in [-0.05, 0) is 32.9 Å². The topological polar surface area (TPSA) is 59.1 Å². The number of thiazole rings is 1. The van der Waals surface area contributed by atoms with E-state index < -0.39 is 0 Å². The van der Waals surface area contributed by atoms with Gasteiger partial charge in [-0.2, -0.15) is 0 Å². The molecule has 0 aliphatic heterocycles. The van der Waals surface area contributed by atoms with E-state index >= 15 is 0 Å². The maximum Gasteiger partial charge on any atom is 0.239 e. The Labute approximate surface area is 138 Å². The Kier molecular flexibility index (Phi) is 5.37. The molecule has 0 radical (unpaired) electrons. The molecule has 0 bridgehead atoms. The Morgan fingerprint density at radius 2 is 1.86 bits per heavy atom. The van der Waals surface area contributed by atoms with Gasteiger partial charge in [-0.15, -0.1) is 11.8 Å². The van der Waals surface area contributed by atoms with Crippen molar-refractivity contribution in [2.75, 3.05) is 5.32 Å². The van der Waals surface area contributed by atoms with Gasteiger partial charge in [0.15, 0.2) is 10.9 Å². The number of thioether (sulfide) groups is 1. The van der Waals surface area contributed by atoms with Gasteiger partial charge < -0.3 is 5.32 Å². The number of hydrogen-bond donors (Lipinski definition) is 1. The molecule has 1 unspecified atom stereocenters. The molecule has 0 aliphatic rings. The van der Waals surface area contributed by atoms with Crippen LogP contribution in [0.1, 0.15) is 34.8 Å². The number of aromatic nitrogens is 1. The van der Waals surface area contributed by atoms with Crippen LogP contribution in [0.4, 0.5) is 5.13 Å². The summed E-state index contributed by atoms with van der Waals surface area (Å²) in [5, 5.41) is 3.02. The van der Waals surface area contributed by atoms with E-state index in [0.717, 1.165) is 4.90 Å². The standard InChI is InChI=1S/C16H18N2O2S2/c1-9-5-7-13(8-6-9)21-12(4)15(20)18-16-17-10(2)14(22-16)11(3)19/h5-8,12H,1-4H3,(H,17,18,20). The van der Waals surface area contributed by atoms with Crippen molar-refractivity contribution in [3.8, 4) is 0 Å². The van der Waals surface area contributed by atoms with Gasteiger partial charge in [-0.1, -0.05) is 29.0 Å². The van der Waals surface area contributed by atoms with Crippen molar-refractivity contribution in [2.24, 2.45) is 0 Å². The minimum absolute atomic E-state index is 0.0300. The molecule has 0 saturated heterocycles. The van der Waals surface area contributed by atoms with Crippen LogP contribution in [0.5, 0.6) is 0 Å². The van der Waals surface area contributed by atoms with Crippen molar-refractivity contribution in [2.45, 2.75) is 37.8 Å². The summed E-state index contributed by atoms with van der Waals surface area (Å²) in [5.41, 5.74) is 1.85. The van der Waals surface area contributed by atoms with Crippen LogP contribution in [0.2, 0.25) is 0 Å². The number of aryl methyl sites for hydroxylation is 2. The molecule has 1 aromatic carbocycles. The Morgan fingerprint density at radius 3 is 2.41 bits per heavy atom. The van der Waals surface area contributed by atoms with Crippen molar-refractivity contribution in [1.29, 1.82) is 0 Å². The molecule has 6 heteroatoms. The number of anilines is 1. The number of hydrogen-bond acceptors (Lipinski definition) is 5. The van der Waals surface area contributed by atoms with Crippen molar-refractivity contribution in [1.82, 2.24) is 4.98 Å². The maximum atomic E-state index is 12.2. The smallest absolute Gasteiger partial charge is 0.239 e. The summed E-state index contributed by atoms with van der Waals surface area (Å²) in [7, 11) is 0. The molecule has 1 aromatic heterocycles. The van der Waals surface area contributed by atoms with Gasteiger partial charge in [0.05, 0.1) is 15.8 Å². The molecule has 0 fully saturated rings. The van der Waals surface area contributed by atoms with Gasteiger partial charge in [-0.25, -0.2) is 4.98 Å². The second-order valence-corrected chi connectivity index (χ2v) is 7.47. The first-order valence-electron chi connectivity index (χ1n) is 6.89. The van der Waals surface area contributed by atoms with Crippen LogP contribution in [0.3, 0.4) is 0 Å². The van der Waals surface area contributed by atoms with E-state index in [4.69, 9.17) is 0 Å². The fourth-order valence-corrected chi connectivity index (χ4v) is 3.59. The number of benzene rings is 1. The van der Waals surface area contributed by atoms with E-state index in [2.05, 4.69) is 10.3 Å². The highest BCUT2D eigenvalue weighted by atomic mass is 32.2. The van der Waals surface area contributed by atoms with Crippen molar-refractivity contribution >= 4 is 39.9 Å². The van der Waals surface area contributed by atoms with Crippen LogP contribution < -0.4 is 5.32 Å². The summed E-state index contributed by atoms with van der Waals surface area (Å²) < 4.78 is 0. The van der Waals surface area contributed by atoms with Crippen molar-refractivity contribution < 1.29 is 9.59 Å². The summed E-state index contributed by atoms with van der Waals surface area (Å²) in [6, 6.07) is 8.06. The van der Waals surface area contributed by atoms with Crippen LogP contribution >= 0.6 is 23.1 Å².